The Morgan fingerprint density at radius 1 is 0.667 bits per heavy atom. The third-order valence-corrected chi connectivity index (χ3v) is 4.49. The molecule has 0 saturated heterocycles. The van der Waals surface area contributed by atoms with Crippen molar-refractivity contribution in [2.24, 2.45) is 0 Å². The summed E-state index contributed by atoms with van der Waals surface area (Å²) in [5.41, 5.74) is 0.133. The normalized spacial score (nSPS) is 10.9. The monoisotopic (exact) mass is 510 g/mol. The van der Waals surface area contributed by atoms with Gasteiger partial charge in [0, 0.05) is 0 Å². The van der Waals surface area contributed by atoms with Gasteiger partial charge in [-0.25, -0.2) is 0 Å². The van der Waals surface area contributed by atoms with Crippen LogP contribution in [-0.2, 0) is 37.0 Å². The Balaban J connectivity index is 0.00000338. The Morgan fingerprint density at radius 2 is 1.04 bits per heavy atom. The Kier molecular flexibility index (Phi) is 10.8. The molecule has 2 aromatic carbocycles. The summed E-state index contributed by atoms with van der Waals surface area (Å²) < 4.78 is 84.9. The van der Waals surface area contributed by atoms with E-state index in [2.05, 4.69) is 0 Å². The zero-order valence-corrected chi connectivity index (χ0v) is 17.3. The van der Waals surface area contributed by atoms with Crippen LogP contribution in [0.2, 0.25) is 0 Å². The zero-order chi connectivity index (χ0) is 18.5. The van der Waals surface area contributed by atoms with Crippen LogP contribution >= 0.6 is 0 Å². The molecule has 0 N–H and O–H groups in total. The summed E-state index contributed by atoms with van der Waals surface area (Å²) in [5, 5.41) is 0. The van der Waals surface area contributed by atoms with Gasteiger partial charge >= 0.3 is 152 Å². The standard InChI is InChI=1S/2C8H7F3O.2ClH.Zr/c2*9-8(10,11)5-6-2-1-3-7(12)4-6;;;/h2*1-4,12H,5H2;2*1H;/q;;;;+4/p-4. The van der Waals surface area contributed by atoms with Gasteiger partial charge < -0.3 is 24.8 Å². The first kappa shape index (κ1) is 26.1. The van der Waals surface area contributed by atoms with E-state index in [4.69, 9.17) is 5.63 Å². The van der Waals surface area contributed by atoms with Gasteiger partial charge in [-0.2, -0.15) is 0 Å². The first-order valence-corrected chi connectivity index (χ1v) is 9.01. The summed E-state index contributed by atoms with van der Waals surface area (Å²) in [4.78, 5) is 0. The summed E-state index contributed by atoms with van der Waals surface area (Å²) in [6.07, 6.45) is -10.7. The summed E-state index contributed by atoms with van der Waals surface area (Å²) in [6.45, 7) is 0. The van der Waals surface area contributed by atoms with E-state index in [0.29, 0.717) is 0 Å². The second-order valence-corrected chi connectivity index (χ2v) is 6.58. The van der Waals surface area contributed by atoms with Crippen molar-refractivity contribution in [1.82, 2.24) is 0 Å². The van der Waals surface area contributed by atoms with Gasteiger partial charge in [0.25, 0.3) is 0 Å². The first-order valence-electron chi connectivity index (χ1n) is 7.01. The van der Waals surface area contributed by atoms with E-state index in [0.717, 1.165) is 0 Å². The molecule has 2 nitrogen and oxygen atoms in total. The first-order chi connectivity index (χ1) is 11.6. The summed E-state index contributed by atoms with van der Waals surface area (Å²) in [7, 11) is 0. The number of rotatable bonds is 6. The third-order valence-electron chi connectivity index (χ3n) is 2.93. The quantitative estimate of drug-likeness (QED) is 0.476. The molecule has 0 aliphatic carbocycles. The maximum Gasteiger partial charge on any atom is -1.00 e. The largest absolute Gasteiger partial charge is 1.00 e. The second kappa shape index (κ2) is 11.2. The van der Waals surface area contributed by atoms with Crippen LogP contribution in [0.3, 0.4) is 0 Å². The number of benzene rings is 2. The van der Waals surface area contributed by atoms with Crippen molar-refractivity contribution < 1.29 is 80.9 Å². The van der Waals surface area contributed by atoms with Crippen LogP contribution in [0.5, 0.6) is 11.5 Å². The van der Waals surface area contributed by atoms with Gasteiger partial charge in [0.15, 0.2) is 0 Å². The fourth-order valence-electron chi connectivity index (χ4n) is 2.02. The van der Waals surface area contributed by atoms with E-state index in [1.807, 2.05) is 0 Å². The van der Waals surface area contributed by atoms with Gasteiger partial charge in [0.1, 0.15) is 0 Å². The maximum absolute atomic E-state index is 12.4. The molecule has 0 unspecified atom stereocenters. The molecule has 0 spiro atoms. The van der Waals surface area contributed by atoms with Crippen molar-refractivity contribution in [2.75, 3.05) is 0 Å². The van der Waals surface area contributed by atoms with Crippen LogP contribution in [-0.4, -0.2) is 12.4 Å². The second-order valence-electron chi connectivity index (χ2n) is 5.17. The van der Waals surface area contributed by atoms with Gasteiger partial charge in [-0.15, -0.1) is 0 Å². The fourth-order valence-corrected chi connectivity index (χ4v) is 3.22. The topological polar surface area (TPSA) is 18.5 Å². The predicted octanol–water partition coefficient (Wildman–Crippen LogP) is -0.726. The molecule has 2 aromatic rings. The average Bonchev–Trinajstić information content (AvgIpc) is 2.44. The van der Waals surface area contributed by atoms with Crippen LogP contribution in [0.4, 0.5) is 26.3 Å². The van der Waals surface area contributed by atoms with Crippen molar-refractivity contribution in [3.05, 3.63) is 59.7 Å². The van der Waals surface area contributed by atoms with Crippen molar-refractivity contribution in [1.29, 1.82) is 0 Å². The van der Waals surface area contributed by atoms with Crippen molar-refractivity contribution in [3.8, 4) is 11.5 Å². The average molecular weight is 512 g/mol. The van der Waals surface area contributed by atoms with Gasteiger partial charge in [0.2, 0.25) is 0 Å². The SMILES string of the molecule is FC(F)(F)Cc1cccc([O][Zr+2][O]c2cccc(CC(F)(F)F)c2)c1.[Cl-].[Cl-]. The molecule has 0 aliphatic rings. The van der Waals surface area contributed by atoms with Crippen molar-refractivity contribution in [3.63, 3.8) is 0 Å². The van der Waals surface area contributed by atoms with Crippen molar-refractivity contribution in [2.45, 2.75) is 25.2 Å². The number of hydrogen-bond acceptors (Lipinski definition) is 2. The minimum Gasteiger partial charge on any atom is -1.00 e. The summed E-state index contributed by atoms with van der Waals surface area (Å²) >= 11 is -1.96. The smallest absolute Gasteiger partial charge is 1.00 e. The van der Waals surface area contributed by atoms with Gasteiger partial charge in [-0.05, 0) is 0 Å². The molecule has 2 rings (SSSR count). The molecule has 0 fully saturated rings. The van der Waals surface area contributed by atoms with Crippen molar-refractivity contribution >= 4 is 0 Å². The van der Waals surface area contributed by atoms with Crippen LogP contribution in [0.1, 0.15) is 11.1 Å². The van der Waals surface area contributed by atoms with Crippen LogP contribution in [0.15, 0.2) is 48.5 Å². The number of halogens is 8. The molecule has 0 aromatic heterocycles. The van der Waals surface area contributed by atoms with E-state index in [9.17, 15) is 26.3 Å². The van der Waals surface area contributed by atoms with Crippen LogP contribution in [0.25, 0.3) is 0 Å². The molecule has 11 heteroatoms. The van der Waals surface area contributed by atoms with Gasteiger partial charge in [-0.3, -0.25) is 0 Å². The minimum atomic E-state index is -4.31. The molecular weight excluding hydrogens is 500 g/mol. The van der Waals surface area contributed by atoms with E-state index in [1.165, 1.54) is 48.5 Å². The predicted molar refractivity (Wildman–Crippen MR) is 73.7 cm³/mol. The molecule has 0 heterocycles. The molecule has 27 heavy (non-hydrogen) atoms. The Bertz CT molecular complexity index is 650. The third kappa shape index (κ3) is 10.9. The van der Waals surface area contributed by atoms with Gasteiger partial charge in [-0.1, -0.05) is 0 Å². The summed E-state index contributed by atoms with van der Waals surface area (Å²) in [6, 6.07) is 11.1. The number of alkyl halides is 6. The van der Waals surface area contributed by atoms with E-state index >= 15 is 0 Å². The molecule has 0 aliphatic heterocycles. The molecule has 0 atom stereocenters. The Morgan fingerprint density at radius 3 is 1.37 bits per heavy atom. The molecule has 148 valence electrons. The van der Waals surface area contributed by atoms with Gasteiger partial charge in [0.05, 0.1) is 0 Å². The molecule has 0 saturated carbocycles. The molecule has 0 bridgehead atoms. The number of hydrogen-bond donors (Lipinski definition) is 0. The molecule has 0 radical (unpaired) electrons. The minimum absolute atomic E-state index is 0. The molecule has 0 amide bonds. The maximum atomic E-state index is 12.4. The fraction of sp³-hybridized carbons (Fsp3) is 0.250. The Labute approximate surface area is 176 Å². The zero-order valence-electron chi connectivity index (χ0n) is 13.4. The van der Waals surface area contributed by atoms with Crippen LogP contribution < -0.4 is 30.4 Å². The van der Waals surface area contributed by atoms with E-state index in [1.54, 1.807) is 0 Å². The van der Waals surface area contributed by atoms with E-state index in [-0.39, 0.29) is 47.4 Å². The Hall–Kier alpha value is -0.917. The summed E-state index contributed by atoms with van der Waals surface area (Å²) in [5.74, 6) is 0.500. The van der Waals surface area contributed by atoms with Crippen LogP contribution in [0, 0.1) is 0 Å². The molecular formula is C16H12Cl2F6O2Zr. The van der Waals surface area contributed by atoms with E-state index < -0.39 is 49.3 Å².